The molecule has 0 saturated heterocycles. The van der Waals surface area contributed by atoms with Crippen LogP contribution >= 0.6 is 11.3 Å². The maximum Gasteiger partial charge on any atom is 0.0345 e. The lowest BCUT2D eigenvalue weighted by molar-refractivity contribution is 0.670. The molecule has 2 aromatic rings. The second-order valence-electron chi connectivity index (χ2n) is 3.77. The second kappa shape index (κ2) is 4.11. The normalized spacial score (nSPS) is 13.3. The second-order valence-corrected chi connectivity index (χ2v) is 4.93. The summed E-state index contributed by atoms with van der Waals surface area (Å²) in [5.74, 6) is 0. The van der Waals surface area contributed by atoms with E-state index in [1.807, 2.05) is 11.3 Å². The number of hydrogen-bond acceptors (Lipinski definition) is 2. The fourth-order valence-electron chi connectivity index (χ4n) is 1.53. The molecule has 2 heteroatoms. The first kappa shape index (κ1) is 9.69. The topological polar surface area (TPSA) is 26.0 Å². The van der Waals surface area contributed by atoms with Crippen LogP contribution in [0.25, 0.3) is 10.1 Å². The molecule has 2 N–H and O–H groups in total. The zero-order valence-electron chi connectivity index (χ0n) is 8.36. The van der Waals surface area contributed by atoms with Gasteiger partial charge in [-0.15, -0.1) is 11.3 Å². The van der Waals surface area contributed by atoms with Crippen molar-refractivity contribution in [3.05, 3.63) is 35.2 Å². The molecular formula is C12H15NS. The molecule has 0 spiro atoms. The molecular weight excluding hydrogens is 190 g/mol. The van der Waals surface area contributed by atoms with Gasteiger partial charge in [0, 0.05) is 15.6 Å². The van der Waals surface area contributed by atoms with Gasteiger partial charge in [-0.05, 0) is 37.3 Å². The molecule has 0 aliphatic carbocycles. The molecule has 1 heterocycles. The van der Waals surface area contributed by atoms with Crippen molar-refractivity contribution in [2.24, 2.45) is 5.73 Å². The van der Waals surface area contributed by atoms with E-state index in [1.165, 1.54) is 15.0 Å². The smallest absolute Gasteiger partial charge is 0.0345 e. The Kier molecular flexibility index (Phi) is 2.85. The van der Waals surface area contributed by atoms with Gasteiger partial charge in [-0.1, -0.05) is 18.2 Å². The summed E-state index contributed by atoms with van der Waals surface area (Å²) in [4.78, 5) is 1.45. The summed E-state index contributed by atoms with van der Waals surface area (Å²) in [7, 11) is 0. The van der Waals surface area contributed by atoms with Crippen molar-refractivity contribution < 1.29 is 0 Å². The Hall–Kier alpha value is -0.860. The highest BCUT2D eigenvalue weighted by atomic mass is 32.1. The number of aryl methyl sites for hydroxylation is 1. The van der Waals surface area contributed by atoms with Gasteiger partial charge in [-0.2, -0.15) is 0 Å². The zero-order chi connectivity index (χ0) is 9.97. The van der Waals surface area contributed by atoms with Gasteiger partial charge in [0.15, 0.2) is 0 Å². The zero-order valence-corrected chi connectivity index (χ0v) is 9.18. The first-order valence-electron chi connectivity index (χ1n) is 4.99. The highest BCUT2D eigenvalue weighted by Gasteiger charge is 2.02. The first-order valence-corrected chi connectivity index (χ1v) is 5.80. The van der Waals surface area contributed by atoms with Crippen LogP contribution in [0.1, 0.15) is 18.2 Å². The Morgan fingerprint density at radius 1 is 1.36 bits per heavy atom. The van der Waals surface area contributed by atoms with Gasteiger partial charge in [-0.25, -0.2) is 0 Å². The van der Waals surface area contributed by atoms with E-state index in [0.29, 0.717) is 6.04 Å². The summed E-state index contributed by atoms with van der Waals surface area (Å²) in [6.07, 6.45) is 2.18. The quantitative estimate of drug-likeness (QED) is 0.818. The van der Waals surface area contributed by atoms with Crippen LogP contribution in [0.4, 0.5) is 0 Å². The highest BCUT2D eigenvalue weighted by Crippen LogP contribution is 2.26. The van der Waals surface area contributed by atoms with Crippen molar-refractivity contribution in [3.63, 3.8) is 0 Å². The number of rotatable bonds is 3. The van der Waals surface area contributed by atoms with Gasteiger partial charge < -0.3 is 5.73 Å². The molecule has 0 aliphatic rings. The maximum absolute atomic E-state index is 5.74. The molecule has 0 aliphatic heterocycles. The van der Waals surface area contributed by atoms with E-state index in [4.69, 9.17) is 5.73 Å². The van der Waals surface area contributed by atoms with Crippen molar-refractivity contribution in [1.29, 1.82) is 0 Å². The largest absolute Gasteiger partial charge is 0.328 e. The molecule has 1 aromatic heterocycles. The Morgan fingerprint density at radius 2 is 2.14 bits per heavy atom. The van der Waals surface area contributed by atoms with Crippen LogP contribution in [0.15, 0.2) is 30.3 Å². The average molecular weight is 205 g/mol. The molecule has 1 aromatic carbocycles. The minimum absolute atomic E-state index is 0.306. The van der Waals surface area contributed by atoms with Gasteiger partial charge >= 0.3 is 0 Å². The van der Waals surface area contributed by atoms with E-state index in [9.17, 15) is 0 Å². The molecule has 1 unspecified atom stereocenters. The minimum Gasteiger partial charge on any atom is -0.328 e. The van der Waals surface area contributed by atoms with Crippen LogP contribution in [-0.4, -0.2) is 6.04 Å². The summed E-state index contributed by atoms with van der Waals surface area (Å²) in [5.41, 5.74) is 5.74. The highest BCUT2D eigenvalue weighted by molar-refractivity contribution is 7.19. The van der Waals surface area contributed by atoms with Crippen molar-refractivity contribution in [1.82, 2.24) is 0 Å². The lowest BCUT2D eigenvalue weighted by Gasteiger charge is -2.01. The molecule has 0 amide bonds. The molecule has 1 nitrogen and oxygen atoms in total. The maximum atomic E-state index is 5.74. The van der Waals surface area contributed by atoms with Crippen molar-refractivity contribution in [2.45, 2.75) is 25.8 Å². The monoisotopic (exact) mass is 205 g/mol. The number of fused-ring (bicyclic) bond motifs is 1. The third-order valence-corrected chi connectivity index (χ3v) is 3.50. The fraction of sp³-hybridized carbons (Fsp3) is 0.333. The van der Waals surface area contributed by atoms with Crippen LogP contribution in [0.3, 0.4) is 0 Å². The lowest BCUT2D eigenvalue weighted by atomic mass is 10.1. The van der Waals surface area contributed by atoms with Gasteiger partial charge in [0.2, 0.25) is 0 Å². The molecule has 2 rings (SSSR count). The molecule has 0 radical (unpaired) electrons. The number of nitrogens with two attached hydrogens (primary N) is 1. The van der Waals surface area contributed by atoms with Crippen molar-refractivity contribution in [2.75, 3.05) is 0 Å². The van der Waals surface area contributed by atoms with Crippen LogP contribution < -0.4 is 5.73 Å². The summed E-state index contributed by atoms with van der Waals surface area (Å²) >= 11 is 1.88. The fourth-order valence-corrected chi connectivity index (χ4v) is 2.61. The van der Waals surface area contributed by atoms with E-state index in [1.54, 1.807) is 0 Å². The molecule has 0 bridgehead atoms. The predicted octanol–water partition coefficient (Wildman–Crippen LogP) is 3.18. The van der Waals surface area contributed by atoms with Crippen LogP contribution in [0.5, 0.6) is 0 Å². The number of hydrogen-bond donors (Lipinski definition) is 1. The molecule has 14 heavy (non-hydrogen) atoms. The molecule has 0 saturated carbocycles. The number of benzene rings is 1. The van der Waals surface area contributed by atoms with Gasteiger partial charge in [0.1, 0.15) is 0 Å². The third-order valence-electron chi connectivity index (χ3n) is 2.32. The van der Waals surface area contributed by atoms with Crippen LogP contribution in [-0.2, 0) is 6.42 Å². The molecule has 1 atom stereocenters. The standard InChI is InChI=1S/C12H15NS/c1-9(13)6-7-11-8-10-4-2-3-5-12(10)14-11/h2-5,8-9H,6-7,13H2,1H3. The van der Waals surface area contributed by atoms with E-state index >= 15 is 0 Å². The molecule has 0 fully saturated rings. The van der Waals surface area contributed by atoms with E-state index in [-0.39, 0.29) is 0 Å². The SMILES string of the molecule is CC(N)CCc1cc2ccccc2s1. The summed E-state index contributed by atoms with van der Waals surface area (Å²) in [6.45, 7) is 2.06. The minimum atomic E-state index is 0.306. The first-order chi connectivity index (χ1) is 6.75. The average Bonchev–Trinajstić information content (AvgIpc) is 2.57. The van der Waals surface area contributed by atoms with Gasteiger partial charge in [-0.3, -0.25) is 0 Å². The summed E-state index contributed by atoms with van der Waals surface area (Å²) in [5, 5.41) is 1.36. The van der Waals surface area contributed by atoms with E-state index in [0.717, 1.165) is 12.8 Å². The van der Waals surface area contributed by atoms with Gasteiger partial charge in [0.25, 0.3) is 0 Å². The Bertz CT molecular complexity index is 384. The van der Waals surface area contributed by atoms with Crippen LogP contribution in [0.2, 0.25) is 0 Å². The van der Waals surface area contributed by atoms with Gasteiger partial charge in [0.05, 0.1) is 0 Å². The Balaban J connectivity index is 2.19. The number of thiophene rings is 1. The van der Waals surface area contributed by atoms with Crippen molar-refractivity contribution in [3.8, 4) is 0 Å². The summed E-state index contributed by atoms with van der Waals surface area (Å²) in [6, 6.07) is 11.1. The van der Waals surface area contributed by atoms with E-state index < -0.39 is 0 Å². The van der Waals surface area contributed by atoms with Crippen molar-refractivity contribution >= 4 is 21.4 Å². The predicted molar refractivity (Wildman–Crippen MR) is 63.8 cm³/mol. The third kappa shape index (κ3) is 2.14. The van der Waals surface area contributed by atoms with Crippen LogP contribution in [0, 0.1) is 0 Å². The molecule has 74 valence electrons. The van der Waals surface area contributed by atoms with E-state index in [2.05, 4.69) is 37.3 Å². The lowest BCUT2D eigenvalue weighted by Crippen LogP contribution is -2.14. The Morgan fingerprint density at radius 3 is 2.86 bits per heavy atom. The summed E-state index contributed by atoms with van der Waals surface area (Å²) < 4.78 is 1.38. The Labute approximate surface area is 88.6 Å².